The molecular weight excluding hydrogens is 188 g/mol. The molecule has 0 saturated heterocycles. The van der Waals surface area contributed by atoms with E-state index < -0.39 is 0 Å². The number of nitrogens with zero attached hydrogens (tertiary/aromatic N) is 3. The topological polar surface area (TPSA) is 42.7 Å². The second-order valence-electron chi connectivity index (χ2n) is 4.52. The van der Waals surface area contributed by atoms with Gasteiger partial charge in [0.05, 0.1) is 6.54 Å². The average Bonchev–Trinajstić information content (AvgIpc) is 2.84. The first-order chi connectivity index (χ1) is 7.29. The van der Waals surface area contributed by atoms with Crippen molar-refractivity contribution in [3.8, 4) is 0 Å². The van der Waals surface area contributed by atoms with Gasteiger partial charge in [0, 0.05) is 13.1 Å². The van der Waals surface area contributed by atoms with E-state index in [2.05, 4.69) is 22.4 Å². The quantitative estimate of drug-likeness (QED) is 0.815. The minimum Gasteiger partial charge on any atom is -0.320 e. The van der Waals surface area contributed by atoms with E-state index >= 15 is 0 Å². The van der Waals surface area contributed by atoms with E-state index in [4.69, 9.17) is 0 Å². The highest BCUT2D eigenvalue weighted by atomic mass is 15.3. The van der Waals surface area contributed by atoms with Gasteiger partial charge in [0.1, 0.15) is 12.2 Å². The highest BCUT2D eigenvalue weighted by Crippen LogP contribution is 2.27. The third-order valence-electron chi connectivity index (χ3n) is 3.47. The molecule has 2 atom stereocenters. The van der Waals surface area contributed by atoms with Gasteiger partial charge >= 0.3 is 0 Å². The molecule has 1 fully saturated rings. The third-order valence-corrected chi connectivity index (χ3v) is 3.47. The SMILES string of the molecule is CCC1CCC(NCc2nncn2C)C1. The normalized spacial score (nSPS) is 26.0. The van der Waals surface area contributed by atoms with Crippen LogP contribution in [0.15, 0.2) is 6.33 Å². The molecule has 1 aromatic rings. The number of nitrogens with one attached hydrogen (secondary N) is 1. The van der Waals surface area contributed by atoms with Crippen molar-refractivity contribution in [1.82, 2.24) is 20.1 Å². The molecule has 0 aliphatic heterocycles. The summed E-state index contributed by atoms with van der Waals surface area (Å²) in [5, 5.41) is 11.5. The highest BCUT2D eigenvalue weighted by Gasteiger charge is 2.22. The molecule has 2 unspecified atom stereocenters. The monoisotopic (exact) mass is 208 g/mol. The zero-order chi connectivity index (χ0) is 10.7. The summed E-state index contributed by atoms with van der Waals surface area (Å²) < 4.78 is 1.97. The number of aromatic nitrogens is 3. The van der Waals surface area contributed by atoms with Gasteiger partial charge in [-0.2, -0.15) is 0 Å². The lowest BCUT2D eigenvalue weighted by Gasteiger charge is -2.11. The maximum absolute atomic E-state index is 4.07. The van der Waals surface area contributed by atoms with Crippen LogP contribution < -0.4 is 5.32 Å². The Balaban J connectivity index is 1.77. The number of hydrogen-bond donors (Lipinski definition) is 1. The summed E-state index contributed by atoms with van der Waals surface area (Å²) in [4.78, 5) is 0. The lowest BCUT2D eigenvalue weighted by Crippen LogP contribution is -2.27. The molecule has 0 aromatic carbocycles. The van der Waals surface area contributed by atoms with Gasteiger partial charge in [-0.25, -0.2) is 0 Å². The van der Waals surface area contributed by atoms with E-state index in [-0.39, 0.29) is 0 Å². The van der Waals surface area contributed by atoms with Crippen LogP contribution in [0.1, 0.15) is 38.4 Å². The van der Waals surface area contributed by atoms with E-state index in [9.17, 15) is 0 Å². The lowest BCUT2D eigenvalue weighted by atomic mass is 10.1. The molecule has 0 radical (unpaired) electrons. The Morgan fingerprint density at radius 2 is 2.40 bits per heavy atom. The summed E-state index contributed by atoms with van der Waals surface area (Å²) in [6.07, 6.45) is 7.10. The largest absolute Gasteiger partial charge is 0.320 e. The van der Waals surface area contributed by atoms with Gasteiger partial charge in [0.25, 0.3) is 0 Å². The minimum atomic E-state index is 0.687. The van der Waals surface area contributed by atoms with Crippen molar-refractivity contribution in [2.45, 2.75) is 45.2 Å². The summed E-state index contributed by atoms with van der Waals surface area (Å²) in [6, 6.07) is 0.687. The second kappa shape index (κ2) is 4.75. The Morgan fingerprint density at radius 1 is 1.53 bits per heavy atom. The first-order valence-electron chi connectivity index (χ1n) is 5.85. The molecule has 1 aliphatic rings. The van der Waals surface area contributed by atoms with Gasteiger partial charge in [-0.15, -0.1) is 10.2 Å². The summed E-state index contributed by atoms with van der Waals surface area (Å²) >= 11 is 0. The second-order valence-corrected chi connectivity index (χ2v) is 4.52. The molecule has 1 N–H and O–H groups in total. The van der Waals surface area contributed by atoms with Gasteiger partial charge in [0.2, 0.25) is 0 Å². The van der Waals surface area contributed by atoms with Crippen molar-refractivity contribution in [3.05, 3.63) is 12.2 Å². The Kier molecular flexibility index (Phi) is 3.36. The zero-order valence-electron chi connectivity index (χ0n) is 9.61. The summed E-state index contributed by atoms with van der Waals surface area (Å²) in [7, 11) is 1.99. The predicted molar refractivity (Wildman–Crippen MR) is 59.3 cm³/mol. The lowest BCUT2D eigenvalue weighted by molar-refractivity contribution is 0.468. The Hall–Kier alpha value is -0.900. The van der Waals surface area contributed by atoms with Crippen LogP contribution in [-0.4, -0.2) is 20.8 Å². The van der Waals surface area contributed by atoms with Gasteiger partial charge in [-0.05, 0) is 25.2 Å². The summed E-state index contributed by atoms with van der Waals surface area (Å²) in [5.41, 5.74) is 0. The van der Waals surface area contributed by atoms with Gasteiger partial charge in [-0.3, -0.25) is 0 Å². The highest BCUT2D eigenvalue weighted by molar-refractivity contribution is 4.86. The van der Waals surface area contributed by atoms with Gasteiger partial charge < -0.3 is 9.88 Å². The molecule has 0 amide bonds. The van der Waals surface area contributed by atoms with Crippen molar-refractivity contribution in [1.29, 1.82) is 0 Å². The van der Waals surface area contributed by atoms with E-state index in [0.717, 1.165) is 18.3 Å². The van der Waals surface area contributed by atoms with E-state index in [1.54, 1.807) is 6.33 Å². The first-order valence-corrected chi connectivity index (χ1v) is 5.85. The molecule has 4 nitrogen and oxygen atoms in total. The van der Waals surface area contributed by atoms with Gasteiger partial charge in [0.15, 0.2) is 0 Å². The summed E-state index contributed by atoms with van der Waals surface area (Å²) in [5.74, 6) is 1.96. The zero-order valence-corrected chi connectivity index (χ0v) is 9.61. The number of hydrogen-bond acceptors (Lipinski definition) is 3. The van der Waals surface area contributed by atoms with Crippen LogP contribution in [-0.2, 0) is 13.6 Å². The molecule has 15 heavy (non-hydrogen) atoms. The van der Waals surface area contributed by atoms with Crippen molar-refractivity contribution < 1.29 is 0 Å². The Morgan fingerprint density at radius 3 is 3.00 bits per heavy atom. The third kappa shape index (κ3) is 2.56. The van der Waals surface area contributed by atoms with E-state index in [0.29, 0.717) is 6.04 Å². The molecule has 4 heteroatoms. The van der Waals surface area contributed by atoms with E-state index in [1.807, 2.05) is 11.6 Å². The molecule has 1 heterocycles. The van der Waals surface area contributed by atoms with Crippen LogP contribution >= 0.6 is 0 Å². The molecule has 1 aliphatic carbocycles. The smallest absolute Gasteiger partial charge is 0.146 e. The maximum atomic E-state index is 4.07. The van der Waals surface area contributed by atoms with Crippen LogP contribution in [0.3, 0.4) is 0 Å². The van der Waals surface area contributed by atoms with E-state index in [1.165, 1.54) is 25.7 Å². The van der Waals surface area contributed by atoms with Crippen LogP contribution in [0, 0.1) is 5.92 Å². The molecule has 0 spiro atoms. The van der Waals surface area contributed by atoms with Crippen LogP contribution in [0.25, 0.3) is 0 Å². The van der Waals surface area contributed by atoms with Crippen LogP contribution in [0.4, 0.5) is 0 Å². The van der Waals surface area contributed by atoms with Crippen molar-refractivity contribution in [3.63, 3.8) is 0 Å². The minimum absolute atomic E-state index is 0.687. The molecule has 2 rings (SSSR count). The van der Waals surface area contributed by atoms with Crippen molar-refractivity contribution in [2.75, 3.05) is 0 Å². The Labute approximate surface area is 91.1 Å². The maximum Gasteiger partial charge on any atom is 0.146 e. The molecule has 0 bridgehead atoms. The molecule has 84 valence electrons. The van der Waals surface area contributed by atoms with Crippen LogP contribution in [0.5, 0.6) is 0 Å². The fraction of sp³-hybridized carbons (Fsp3) is 0.818. The molecule has 1 aromatic heterocycles. The van der Waals surface area contributed by atoms with Crippen molar-refractivity contribution in [2.24, 2.45) is 13.0 Å². The molecule has 1 saturated carbocycles. The number of rotatable bonds is 4. The fourth-order valence-electron chi connectivity index (χ4n) is 2.33. The van der Waals surface area contributed by atoms with Gasteiger partial charge in [-0.1, -0.05) is 13.3 Å². The predicted octanol–water partition coefficient (Wildman–Crippen LogP) is 1.48. The van der Waals surface area contributed by atoms with Crippen LogP contribution in [0.2, 0.25) is 0 Å². The fourth-order valence-corrected chi connectivity index (χ4v) is 2.33. The number of aryl methyl sites for hydroxylation is 1. The summed E-state index contributed by atoms with van der Waals surface area (Å²) in [6.45, 7) is 3.13. The average molecular weight is 208 g/mol. The first kappa shape index (κ1) is 10.6. The Bertz CT molecular complexity index is 307. The van der Waals surface area contributed by atoms with Crippen molar-refractivity contribution >= 4 is 0 Å². The standard InChI is InChI=1S/C11H20N4/c1-3-9-4-5-10(6-9)12-7-11-14-13-8-15(11)2/h8-10,12H,3-7H2,1-2H3. The molecular formula is C11H20N4.